The van der Waals surface area contributed by atoms with Gasteiger partial charge in [0.1, 0.15) is 0 Å². The van der Waals surface area contributed by atoms with Crippen molar-refractivity contribution in [3.05, 3.63) is 0 Å². The number of esters is 1. The van der Waals surface area contributed by atoms with Crippen LogP contribution in [0.25, 0.3) is 0 Å². The Morgan fingerprint density at radius 1 is 0.417 bits per heavy atom. The molecule has 0 saturated heterocycles. The maximum Gasteiger partial charge on any atom is 0.312 e. The van der Waals surface area contributed by atoms with Crippen LogP contribution < -0.4 is 0 Å². The highest BCUT2D eigenvalue weighted by Crippen LogP contribution is 2.38. The molecule has 0 aliphatic carbocycles. The first kappa shape index (κ1) is 35.5. The van der Waals surface area contributed by atoms with Gasteiger partial charge in [-0.15, -0.1) is 0 Å². The number of carbonyl (C=O) groups is 1. The molecule has 0 saturated carbocycles. The molecule has 2 heteroatoms. The minimum Gasteiger partial charge on any atom is -0.465 e. The fraction of sp³-hybridized carbons (Fsp3) is 0.971. The molecule has 0 spiro atoms. The fourth-order valence-corrected chi connectivity index (χ4v) is 5.54. The van der Waals surface area contributed by atoms with E-state index in [0.29, 0.717) is 6.61 Å². The zero-order valence-corrected chi connectivity index (χ0v) is 25.6. The van der Waals surface area contributed by atoms with Crippen LogP contribution in [0, 0.1) is 5.41 Å². The number of ether oxygens (including phenoxy) is 1. The lowest BCUT2D eigenvalue weighted by molar-refractivity contribution is -0.158. The molecule has 0 radical (unpaired) electrons. The second-order valence-electron chi connectivity index (χ2n) is 11.7. The van der Waals surface area contributed by atoms with E-state index >= 15 is 0 Å². The second-order valence-corrected chi connectivity index (χ2v) is 11.7. The van der Waals surface area contributed by atoms with Gasteiger partial charge in [-0.25, -0.2) is 0 Å². The molecule has 0 unspecified atom stereocenters. The molecule has 0 heterocycles. The fourth-order valence-electron chi connectivity index (χ4n) is 5.54. The molecule has 0 aromatic carbocycles. The highest BCUT2D eigenvalue weighted by Gasteiger charge is 2.38. The van der Waals surface area contributed by atoms with Gasteiger partial charge in [0.2, 0.25) is 0 Å². The quantitative estimate of drug-likeness (QED) is 0.0741. The van der Waals surface area contributed by atoms with Crippen molar-refractivity contribution in [2.45, 2.75) is 201 Å². The van der Waals surface area contributed by atoms with Gasteiger partial charge in [0, 0.05) is 0 Å². The average molecular weight is 509 g/mol. The summed E-state index contributed by atoms with van der Waals surface area (Å²) in [5.41, 5.74) is -0.213. The Labute approximate surface area is 228 Å². The molecule has 216 valence electrons. The van der Waals surface area contributed by atoms with Crippen molar-refractivity contribution < 1.29 is 9.53 Å². The lowest BCUT2D eigenvalue weighted by atomic mass is 9.74. The minimum atomic E-state index is -0.213. The zero-order valence-electron chi connectivity index (χ0n) is 25.6. The molecular formula is C34H68O2. The van der Waals surface area contributed by atoms with Crippen LogP contribution in [0.5, 0.6) is 0 Å². The van der Waals surface area contributed by atoms with Gasteiger partial charge in [-0.2, -0.15) is 0 Å². The molecule has 2 nitrogen and oxygen atoms in total. The predicted molar refractivity (Wildman–Crippen MR) is 161 cm³/mol. The van der Waals surface area contributed by atoms with Gasteiger partial charge < -0.3 is 4.74 Å². The van der Waals surface area contributed by atoms with Crippen molar-refractivity contribution in [2.75, 3.05) is 6.61 Å². The lowest BCUT2D eigenvalue weighted by Gasteiger charge is -2.32. The van der Waals surface area contributed by atoms with Gasteiger partial charge >= 0.3 is 5.97 Å². The Balaban J connectivity index is 3.91. The molecular weight excluding hydrogens is 440 g/mol. The van der Waals surface area contributed by atoms with Crippen LogP contribution in [0.2, 0.25) is 0 Å². The third-order valence-electron chi connectivity index (χ3n) is 8.19. The number of rotatable bonds is 29. The van der Waals surface area contributed by atoms with E-state index in [9.17, 15) is 4.79 Å². The summed E-state index contributed by atoms with van der Waals surface area (Å²) in [6.45, 7) is 9.54. The van der Waals surface area contributed by atoms with Gasteiger partial charge in [-0.05, 0) is 25.7 Å². The van der Waals surface area contributed by atoms with E-state index in [4.69, 9.17) is 4.74 Å². The first-order valence-electron chi connectivity index (χ1n) is 16.8. The van der Waals surface area contributed by atoms with Gasteiger partial charge in [0.05, 0.1) is 12.0 Å². The molecule has 0 aliphatic heterocycles. The largest absolute Gasteiger partial charge is 0.465 e. The van der Waals surface area contributed by atoms with Crippen LogP contribution >= 0.6 is 0 Å². The third-order valence-corrected chi connectivity index (χ3v) is 8.19. The van der Waals surface area contributed by atoms with Crippen molar-refractivity contribution in [1.29, 1.82) is 0 Å². The average Bonchev–Trinajstić information content (AvgIpc) is 2.89. The van der Waals surface area contributed by atoms with E-state index in [1.54, 1.807) is 0 Å². The molecule has 0 aromatic rings. The number of hydrogen-bond donors (Lipinski definition) is 0. The van der Waals surface area contributed by atoms with Crippen LogP contribution in [0.1, 0.15) is 201 Å². The molecule has 0 amide bonds. The van der Waals surface area contributed by atoms with Crippen molar-refractivity contribution in [2.24, 2.45) is 5.41 Å². The van der Waals surface area contributed by atoms with Crippen LogP contribution in [-0.4, -0.2) is 12.6 Å². The van der Waals surface area contributed by atoms with E-state index in [1.807, 2.05) is 0 Å². The normalized spacial score (nSPS) is 11.8. The van der Waals surface area contributed by atoms with E-state index in [-0.39, 0.29) is 11.4 Å². The Bertz CT molecular complexity index is 436. The summed E-state index contributed by atoms with van der Waals surface area (Å²) >= 11 is 0. The Hall–Kier alpha value is -0.530. The summed E-state index contributed by atoms with van der Waals surface area (Å²) in [6.07, 6.45) is 35.0. The molecule has 0 rings (SSSR count). The van der Waals surface area contributed by atoms with Crippen LogP contribution in [0.3, 0.4) is 0 Å². The SMILES string of the molecule is CCCCCCCCCCCCCCCCCCCCC(CCCC)(CCCC)C(=O)OCCCC. The van der Waals surface area contributed by atoms with Crippen LogP contribution in [-0.2, 0) is 9.53 Å². The van der Waals surface area contributed by atoms with E-state index < -0.39 is 0 Å². The van der Waals surface area contributed by atoms with Crippen molar-refractivity contribution in [1.82, 2.24) is 0 Å². The summed E-state index contributed by atoms with van der Waals surface area (Å²) in [5, 5.41) is 0. The summed E-state index contributed by atoms with van der Waals surface area (Å²) in [7, 11) is 0. The zero-order chi connectivity index (χ0) is 26.6. The van der Waals surface area contributed by atoms with Crippen molar-refractivity contribution in [3.63, 3.8) is 0 Å². The third kappa shape index (κ3) is 20.5. The second kappa shape index (κ2) is 27.5. The maximum atomic E-state index is 13.1. The van der Waals surface area contributed by atoms with E-state index in [0.717, 1.165) is 57.8 Å². The molecule has 36 heavy (non-hydrogen) atoms. The van der Waals surface area contributed by atoms with Gasteiger partial charge in [-0.1, -0.05) is 175 Å². The van der Waals surface area contributed by atoms with Crippen LogP contribution in [0.4, 0.5) is 0 Å². The Morgan fingerprint density at radius 3 is 1.08 bits per heavy atom. The highest BCUT2D eigenvalue weighted by atomic mass is 16.5. The van der Waals surface area contributed by atoms with Gasteiger partial charge in [-0.3, -0.25) is 4.79 Å². The van der Waals surface area contributed by atoms with E-state index in [1.165, 1.54) is 116 Å². The maximum absolute atomic E-state index is 13.1. The summed E-state index contributed by atoms with van der Waals surface area (Å²) in [6, 6.07) is 0. The smallest absolute Gasteiger partial charge is 0.312 e. The molecule has 0 N–H and O–H groups in total. The van der Waals surface area contributed by atoms with Gasteiger partial charge in [0.25, 0.3) is 0 Å². The number of unbranched alkanes of at least 4 members (excludes halogenated alkanes) is 20. The molecule has 0 atom stereocenters. The topological polar surface area (TPSA) is 26.3 Å². The molecule has 0 fully saturated rings. The predicted octanol–water partition coefficient (Wildman–Crippen LogP) is 12.1. The molecule has 0 aromatic heterocycles. The Kier molecular flexibility index (Phi) is 27.1. The monoisotopic (exact) mass is 509 g/mol. The van der Waals surface area contributed by atoms with Crippen molar-refractivity contribution in [3.8, 4) is 0 Å². The van der Waals surface area contributed by atoms with Crippen LogP contribution in [0.15, 0.2) is 0 Å². The van der Waals surface area contributed by atoms with E-state index in [2.05, 4.69) is 27.7 Å². The summed E-state index contributed by atoms with van der Waals surface area (Å²) in [4.78, 5) is 13.1. The molecule has 0 aliphatic rings. The number of hydrogen-bond acceptors (Lipinski definition) is 2. The van der Waals surface area contributed by atoms with Gasteiger partial charge in [0.15, 0.2) is 0 Å². The number of carbonyl (C=O) groups excluding carboxylic acids is 1. The van der Waals surface area contributed by atoms with Crippen molar-refractivity contribution >= 4 is 5.97 Å². The first-order chi connectivity index (χ1) is 17.7. The highest BCUT2D eigenvalue weighted by molar-refractivity contribution is 5.76. The lowest BCUT2D eigenvalue weighted by Crippen LogP contribution is -2.33. The minimum absolute atomic E-state index is 0.116. The molecule has 0 bridgehead atoms. The summed E-state index contributed by atoms with van der Waals surface area (Å²) in [5.74, 6) is 0.116. The first-order valence-corrected chi connectivity index (χ1v) is 16.8. The standard InChI is InChI=1S/C34H68O2/c1-5-9-13-14-15-16-17-18-19-20-21-22-23-24-25-26-27-28-31-34(29-10-6-2,30-11-7-3)33(35)36-32-12-8-4/h5-32H2,1-4H3. The Morgan fingerprint density at radius 2 is 0.722 bits per heavy atom. The summed E-state index contributed by atoms with van der Waals surface area (Å²) < 4.78 is 5.79.